The number of carbonyl (C=O) groups excluding carboxylic acids is 1. The van der Waals surface area contributed by atoms with Gasteiger partial charge in [0.2, 0.25) is 0 Å². The Morgan fingerprint density at radius 1 is 1.00 bits per heavy atom. The average molecular weight is 560 g/mol. The predicted molar refractivity (Wildman–Crippen MR) is 134 cm³/mol. The van der Waals surface area contributed by atoms with Crippen LogP contribution in [0.4, 0.5) is 23.7 Å². The Bertz CT molecular complexity index is 1280. The molecule has 0 bridgehead atoms. The van der Waals surface area contributed by atoms with E-state index in [0.717, 1.165) is 23.8 Å². The van der Waals surface area contributed by atoms with E-state index in [1.807, 2.05) is 6.07 Å². The maximum absolute atomic E-state index is 13.5. The summed E-state index contributed by atoms with van der Waals surface area (Å²) in [6.45, 7) is 0.237. The van der Waals surface area contributed by atoms with Gasteiger partial charge in [0.15, 0.2) is 0 Å². The fourth-order valence-electron chi connectivity index (χ4n) is 4.27. The second-order valence-electron chi connectivity index (χ2n) is 8.07. The smallest absolute Gasteiger partial charge is 0.416 e. The zero-order valence-corrected chi connectivity index (χ0v) is 21.3. The predicted octanol–water partition coefficient (Wildman–Crippen LogP) is 7.86. The van der Waals surface area contributed by atoms with E-state index >= 15 is 0 Å². The molecule has 3 aromatic carbocycles. The molecule has 11 heteroatoms. The third-order valence-electron chi connectivity index (χ3n) is 5.86. The molecule has 1 atom stereocenters. The third-order valence-corrected chi connectivity index (χ3v) is 6.63. The molecule has 3 aromatic rings. The Balaban J connectivity index is 1.81. The number of alkyl halides is 3. The summed E-state index contributed by atoms with van der Waals surface area (Å²) in [6.07, 6.45) is -4.15. The van der Waals surface area contributed by atoms with E-state index in [9.17, 15) is 18.0 Å². The lowest BCUT2D eigenvalue weighted by Crippen LogP contribution is -2.43. The highest BCUT2D eigenvalue weighted by molar-refractivity contribution is 6.34. The lowest BCUT2D eigenvalue weighted by Gasteiger charge is -2.38. The van der Waals surface area contributed by atoms with Crippen LogP contribution in [-0.2, 0) is 12.6 Å². The minimum absolute atomic E-state index is 0.0292. The number of methoxy groups -OCH3 is 2. The van der Waals surface area contributed by atoms with Crippen molar-refractivity contribution in [1.29, 1.82) is 0 Å². The van der Waals surface area contributed by atoms with E-state index in [2.05, 4.69) is 5.32 Å². The van der Waals surface area contributed by atoms with Crippen molar-refractivity contribution in [2.45, 2.75) is 18.6 Å². The van der Waals surface area contributed by atoms with Crippen molar-refractivity contribution < 1.29 is 27.4 Å². The molecule has 1 unspecified atom stereocenters. The standard InChI is InChI=1S/C25H20Cl3F3N2O3/c1-35-18-9-13-5-6-33(24(34)32-20-10-15(25(29,30)31)3-4-19(20)28)23(22(13)21(12-18)36-2)14-7-16(26)11-17(27)8-14/h3-4,7-12,23H,5-6H2,1-2H3,(H,32,34). The summed E-state index contributed by atoms with van der Waals surface area (Å²) in [6, 6.07) is 9.85. The Morgan fingerprint density at radius 2 is 1.69 bits per heavy atom. The molecule has 4 rings (SSSR count). The number of rotatable bonds is 4. The van der Waals surface area contributed by atoms with Gasteiger partial charge in [0.25, 0.3) is 0 Å². The highest BCUT2D eigenvalue weighted by Gasteiger charge is 2.36. The number of carbonyl (C=O) groups is 1. The van der Waals surface area contributed by atoms with Crippen molar-refractivity contribution in [2.24, 2.45) is 0 Å². The summed E-state index contributed by atoms with van der Waals surface area (Å²) in [5, 5.41) is 3.23. The van der Waals surface area contributed by atoms with Gasteiger partial charge in [-0.05, 0) is 60.0 Å². The molecule has 2 amide bonds. The maximum atomic E-state index is 13.5. The molecule has 0 aliphatic carbocycles. The first kappa shape index (κ1) is 26.3. The summed E-state index contributed by atoms with van der Waals surface area (Å²) >= 11 is 18.7. The monoisotopic (exact) mass is 558 g/mol. The van der Waals surface area contributed by atoms with E-state index in [0.29, 0.717) is 39.1 Å². The summed E-state index contributed by atoms with van der Waals surface area (Å²) in [5.74, 6) is 1.06. The van der Waals surface area contributed by atoms with Gasteiger partial charge in [-0.15, -0.1) is 0 Å². The van der Waals surface area contributed by atoms with Crippen LogP contribution in [0.1, 0.15) is 28.3 Å². The molecule has 36 heavy (non-hydrogen) atoms. The van der Waals surface area contributed by atoms with E-state index in [1.54, 1.807) is 24.3 Å². The van der Waals surface area contributed by atoms with Crippen molar-refractivity contribution in [1.82, 2.24) is 4.90 Å². The number of nitrogens with zero attached hydrogens (tertiary/aromatic N) is 1. The van der Waals surface area contributed by atoms with Crippen molar-refractivity contribution in [3.8, 4) is 11.5 Å². The Hall–Kier alpha value is -2.81. The Morgan fingerprint density at radius 3 is 2.31 bits per heavy atom. The summed E-state index contributed by atoms with van der Waals surface area (Å²) in [7, 11) is 3.04. The van der Waals surface area contributed by atoms with Crippen LogP contribution in [0.5, 0.6) is 11.5 Å². The van der Waals surface area contributed by atoms with Crippen molar-refractivity contribution in [2.75, 3.05) is 26.1 Å². The molecular formula is C25H20Cl3F3N2O3. The highest BCUT2D eigenvalue weighted by atomic mass is 35.5. The van der Waals surface area contributed by atoms with Crippen LogP contribution in [-0.4, -0.2) is 31.7 Å². The van der Waals surface area contributed by atoms with Gasteiger partial charge >= 0.3 is 12.2 Å². The number of amides is 2. The van der Waals surface area contributed by atoms with Crippen LogP contribution in [0.2, 0.25) is 15.1 Å². The normalized spacial score (nSPS) is 15.3. The highest BCUT2D eigenvalue weighted by Crippen LogP contribution is 2.44. The zero-order chi connectivity index (χ0) is 26.2. The SMILES string of the molecule is COc1cc2c(c(OC)c1)C(c1cc(Cl)cc(Cl)c1)N(C(=O)Nc1cc(C(F)(F)F)ccc1Cl)CC2. The minimum Gasteiger partial charge on any atom is -0.497 e. The first-order valence-electron chi connectivity index (χ1n) is 10.7. The fourth-order valence-corrected chi connectivity index (χ4v) is 4.98. The molecule has 1 N–H and O–H groups in total. The molecule has 1 aliphatic rings. The topological polar surface area (TPSA) is 50.8 Å². The zero-order valence-electron chi connectivity index (χ0n) is 19.1. The van der Waals surface area contributed by atoms with Crippen LogP contribution in [0.15, 0.2) is 48.5 Å². The number of urea groups is 1. The van der Waals surface area contributed by atoms with Gasteiger partial charge in [0.05, 0.1) is 36.5 Å². The van der Waals surface area contributed by atoms with E-state index in [1.165, 1.54) is 19.1 Å². The number of hydrogen-bond acceptors (Lipinski definition) is 3. The number of nitrogens with one attached hydrogen (secondary N) is 1. The van der Waals surface area contributed by atoms with E-state index < -0.39 is 23.8 Å². The molecule has 0 saturated heterocycles. The quantitative estimate of drug-likeness (QED) is 0.354. The number of benzene rings is 3. The van der Waals surface area contributed by atoms with Crippen LogP contribution in [0.3, 0.4) is 0 Å². The van der Waals surface area contributed by atoms with Crippen LogP contribution >= 0.6 is 34.8 Å². The second kappa shape index (κ2) is 10.3. The molecule has 0 radical (unpaired) electrons. The molecule has 1 aliphatic heterocycles. The molecule has 1 heterocycles. The molecule has 0 spiro atoms. The number of hydrogen-bond donors (Lipinski definition) is 1. The van der Waals surface area contributed by atoms with Crippen molar-refractivity contribution >= 4 is 46.5 Å². The molecular weight excluding hydrogens is 540 g/mol. The average Bonchev–Trinajstić information content (AvgIpc) is 2.82. The van der Waals surface area contributed by atoms with E-state index in [-0.39, 0.29) is 17.3 Å². The molecule has 0 fully saturated rings. The van der Waals surface area contributed by atoms with Crippen molar-refractivity contribution in [3.63, 3.8) is 0 Å². The van der Waals surface area contributed by atoms with Crippen LogP contribution < -0.4 is 14.8 Å². The summed E-state index contributed by atoms with van der Waals surface area (Å²) < 4.78 is 50.8. The third kappa shape index (κ3) is 5.31. The van der Waals surface area contributed by atoms with Gasteiger partial charge < -0.3 is 19.7 Å². The fraction of sp³-hybridized carbons (Fsp3) is 0.240. The van der Waals surface area contributed by atoms with Gasteiger partial charge in [0, 0.05) is 28.2 Å². The van der Waals surface area contributed by atoms with E-state index in [4.69, 9.17) is 44.3 Å². The first-order valence-corrected chi connectivity index (χ1v) is 11.8. The van der Waals surface area contributed by atoms with Gasteiger partial charge in [-0.3, -0.25) is 0 Å². The lowest BCUT2D eigenvalue weighted by atomic mass is 9.87. The van der Waals surface area contributed by atoms with Crippen LogP contribution in [0.25, 0.3) is 0 Å². The van der Waals surface area contributed by atoms with Gasteiger partial charge in [-0.1, -0.05) is 34.8 Å². The first-order chi connectivity index (χ1) is 17.0. The maximum Gasteiger partial charge on any atom is 0.416 e. The van der Waals surface area contributed by atoms with Crippen molar-refractivity contribution in [3.05, 3.63) is 85.9 Å². The van der Waals surface area contributed by atoms with Gasteiger partial charge in [-0.25, -0.2) is 4.79 Å². The Labute approximate surface area is 220 Å². The number of anilines is 1. The summed E-state index contributed by atoms with van der Waals surface area (Å²) in [5.41, 5.74) is 1.08. The number of fused-ring (bicyclic) bond motifs is 1. The number of ether oxygens (including phenoxy) is 2. The Kier molecular flexibility index (Phi) is 7.50. The molecule has 5 nitrogen and oxygen atoms in total. The van der Waals surface area contributed by atoms with Gasteiger partial charge in [-0.2, -0.15) is 13.2 Å². The lowest BCUT2D eigenvalue weighted by molar-refractivity contribution is -0.137. The molecule has 0 saturated carbocycles. The van der Waals surface area contributed by atoms with Crippen LogP contribution in [0, 0.1) is 0 Å². The minimum atomic E-state index is -4.60. The second-order valence-corrected chi connectivity index (χ2v) is 9.35. The largest absolute Gasteiger partial charge is 0.497 e. The summed E-state index contributed by atoms with van der Waals surface area (Å²) in [4.78, 5) is 15.0. The number of halogens is 6. The molecule has 190 valence electrons. The molecule has 0 aromatic heterocycles. The van der Waals surface area contributed by atoms with Gasteiger partial charge in [0.1, 0.15) is 11.5 Å².